The van der Waals surface area contributed by atoms with Crippen LogP contribution in [-0.4, -0.2) is 35.7 Å². The molecule has 5 nitrogen and oxygen atoms in total. The summed E-state index contributed by atoms with van der Waals surface area (Å²) < 4.78 is 7.12. The lowest BCUT2D eigenvalue weighted by molar-refractivity contribution is -0.124. The second-order valence-corrected chi connectivity index (χ2v) is 5.76. The molecule has 0 aliphatic heterocycles. The smallest absolute Gasteiger partial charge is 0.245 e. The number of rotatable bonds is 10. The van der Waals surface area contributed by atoms with Gasteiger partial charge < -0.3 is 14.6 Å². The summed E-state index contributed by atoms with van der Waals surface area (Å²) in [5.74, 6) is 0.957. The van der Waals surface area contributed by atoms with E-state index in [0.717, 1.165) is 30.7 Å². The van der Waals surface area contributed by atoms with Gasteiger partial charge in [-0.1, -0.05) is 38.3 Å². The van der Waals surface area contributed by atoms with Crippen LogP contribution in [0.4, 0.5) is 0 Å². The number of methoxy groups -OCH3 is 1. The molecule has 0 aliphatic carbocycles. The van der Waals surface area contributed by atoms with Crippen LogP contribution in [0.3, 0.4) is 0 Å². The number of unbranched alkanes of at least 4 members (excludes halogenated alkanes) is 3. The summed E-state index contributed by atoms with van der Waals surface area (Å²) in [6.45, 7) is 3.90. The first kappa shape index (κ1) is 17.5. The largest absolute Gasteiger partial charge is 0.375 e. The maximum Gasteiger partial charge on any atom is 0.245 e. The van der Waals surface area contributed by atoms with Crippen molar-refractivity contribution in [2.24, 2.45) is 0 Å². The molecule has 1 aromatic carbocycles. The van der Waals surface area contributed by atoms with E-state index in [1.165, 1.54) is 31.9 Å². The summed E-state index contributed by atoms with van der Waals surface area (Å²) in [6.07, 6.45) is 5.65. The van der Waals surface area contributed by atoms with E-state index >= 15 is 0 Å². The SMILES string of the molecule is CCCCCCn1c(CCNC(=O)COC)nc2ccccc21. The Balaban J connectivity index is 2.03. The van der Waals surface area contributed by atoms with Gasteiger partial charge in [0.1, 0.15) is 12.4 Å². The average molecular weight is 317 g/mol. The van der Waals surface area contributed by atoms with Crippen LogP contribution in [0.5, 0.6) is 0 Å². The molecule has 0 spiro atoms. The summed E-state index contributed by atoms with van der Waals surface area (Å²) in [5.41, 5.74) is 2.21. The first-order chi connectivity index (χ1) is 11.3. The van der Waals surface area contributed by atoms with Crippen LogP contribution in [-0.2, 0) is 22.5 Å². The number of para-hydroxylation sites is 2. The molecule has 1 N–H and O–H groups in total. The molecule has 0 saturated heterocycles. The van der Waals surface area contributed by atoms with E-state index in [-0.39, 0.29) is 12.5 Å². The number of imidazole rings is 1. The van der Waals surface area contributed by atoms with Gasteiger partial charge in [0.15, 0.2) is 0 Å². The number of aryl methyl sites for hydroxylation is 1. The highest BCUT2D eigenvalue weighted by molar-refractivity contribution is 5.77. The summed E-state index contributed by atoms with van der Waals surface area (Å²) in [7, 11) is 1.52. The third-order valence-electron chi connectivity index (χ3n) is 3.92. The van der Waals surface area contributed by atoms with Gasteiger partial charge in [-0.3, -0.25) is 4.79 Å². The fourth-order valence-electron chi connectivity index (χ4n) is 2.76. The quantitative estimate of drug-likeness (QED) is 0.686. The molecule has 5 heteroatoms. The van der Waals surface area contributed by atoms with Crippen molar-refractivity contribution in [3.63, 3.8) is 0 Å². The molecule has 2 rings (SSSR count). The Labute approximate surface area is 138 Å². The van der Waals surface area contributed by atoms with Gasteiger partial charge in [-0.05, 0) is 18.6 Å². The summed E-state index contributed by atoms with van der Waals surface area (Å²) in [4.78, 5) is 16.2. The molecule has 0 unspecified atom stereocenters. The number of hydrogen-bond acceptors (Lipinski definition) is 3. The molecule has 0 atom stereocenters. The lowest BCUT2D eigenvalue weighted by Gasteiger charge is -2.10. The van der Waals surface area contributed by atoms with Crippen LogP contribution < -0.4 is 5.32 Å². The number of amides is 1. The minimum atomic E-state index is -0.0851. The van der Waals surface area contributed by atoms with Gasteiger partial charge in [0.2, 0.25) is 5.91 Å². The van der Waals surface area contributed by atoms with Crippen molar-refractivity contribution in [3.05, 3.63) is 30.1 Å². The van der Waals surface area contributed by atoms with Gasteiger partial charge >= 0.3 is 0 Å². The third kappa shape index (κ3) is 5.06. The molecule has 0 fully saturated rings. The Morgan fingerprint density at radius 2 is 2.09 bits per heavy atom. The lowest BCUT2D eigenvalue weighted by atomic mass is 10.2. The number of carbonyl (C=O) groups excluding carboxylic acids is 1. The molecule has 0 aliphatic rings. The van der Waals surface area contributed by atoms with E-state index < -0.39 is 0 Å². The van der Waals surface area contributed by atoms with Gasteiger partial charge in [-0.25, -0.2) is 4.98 Å². The number of fused-ring (bicyclic) bond motifs is 1. The van der Waals surface area contributed by atoms with E-state index in [1.807, 2.05) is 12.1 Å². The first-order valence-corrected chi connectivity index (χ1v) is 8.46. The van der Waals surface area contributed by atoms with Gasteiger partial charge in [0.25, 0.3) is 0 Å². The Kier molecular flexibility index (Phi) is 7.07. The first-order valence-electron chi connectivity index (χ1n) is 8.46. The molecule has 1 amide bonds. The average Bonchev–Trinajstić information content (AvgIpc) is 2.90. The van der Waals surface area contributed by atoms with Crippen LogP contribution in [0.2, 0.25) is 0 Å². The standard InChI is InChI=1S/C18H27N3O2/c1-3-4-5-8-13-21-16-10-7-6-9-15(16)20-17(21)11-12-19-18(22)14-23-2/h6-7,9-10H,3-5,8,11-14H2,1-2H3,(H,19,22). The number of aromatic nitrogens is 2. The van der Waals surface area contributed by atoms with Crippen LogP contribution in [0, 0.1) is 0 Å². The normalized spacial score (nSPS) is 11.0. The number of carbonyl (C=O) groups is 1. The van der Waals surface area contributed by atoms with Gasteiger partial charge in [0.05, 0.1) is 11.0 Å². The van der Waals surface area contributed by atoms with Crippen molar-refractivity contribution < 1.29 is 9.53 Å². The van der Waals surface area contributed by atoms with Gasteiger partial charge in [-0.15, -0.1) is 0 Å². The van der Waals surface area contributed by atoms with Crippen molar-refractivity contribution in [2.75, 3.05) is 20.3 Å². The number of benzene rings is 1. The number of nitrogens with one attached hydrogen (secondary N) is 1. The molecule has 23 heavy (non-hydrogen) atoms. The van der Waals surface area contributed by atoms with E-state index in [2.05, 4.69) is 28.9 Å². The second kappa shape index (κ2) is 9.30. The number of nitrogens with zero attached hydrogens (tertiary/aromatic N) is 2. The van der Waals surface area contributed by atoms with E-state index in [9.17, 15) is 4.79 Å². The van der Waals surface area contributed by atoms with Crippen molar-refractivity contribution in [1.29, 1.82) is 0 Å². The Morgan fingerprint density at radius 3 is 2.87 bits per heavy atom. The fourth-order valence-corrected chi connectivity index (χ4v) is 2.76. The number of hydrogen-bond donors (Lipinski definition) is 1. The van der Waals surface area contributed by atoms with Gasteiger partial charge in [0, 0.05) is 26.6 Å². The van der Waals surface area contributed by atoms with E-state index in [1.54, 1.807) is 0 Å². The monoisotopic (exact) mass is 317 g/mol. The van der Waals surface area contributed by atoms with Crippen molar-refractivity contribution >= 4 is 16.9 Å². The number of ether oxygens (including phenoxy) is 1. The molecule has 0 saturated carbocycles. The topological polar surface area (TPSA) is 56.2 Å². The maximum atomic E-state index is 11.5. The highest BCUT2D eigenvalue weighted by Crippen LogP contribution is 2.17. The minimum Gasteiger partial charge on any atom is -0.375 e. The van der Waals surface area contributed by atoms with E-state index in [4.69, 9.17) is 9.72 Å². The summed E-state index contributed by atoms with van der Waals surface area (Å²) in [6, 6.07) is 8.23. The van der Waals surface area contributed by atoms with E-state index in [0.29, 0.717) is 6.54 Å². The zero-order valence-electron chi connectivity index (χ0n) is 14.2. The predicted molar refractivity (Wildman–Crippen MR) is 92.5 cm³/mol. The van der Waals surface area contributed by atoms with Crippen molar-refractivity contribution in [1.82, 2.24) is 14.9 Å². The third-order valence-corrected chi connectivity index (χ3v) is 3.92. The Hall–Kier alpha value is -1.88. The zero-order valence-corrected chi connectivity index (χ0v) is 14.2. The fraction of sp³-hybridized carbons (Fsp3) is 0.556. The molecule has 1 heterocycles. The highest BCUT2D eigenvalue weighted by Gasteiger charge is 2.10. The summed E-state index contributed by atoms with van der Waals surface area (Å²) in [5, 5.41) is 2.86. The van der Waals surface area contributed by atoms with Crippen LogP contribution >= 0.6 is 0 Å². The van der Waals surface area contributed by atoms with Crippen LogP contribution in [0.15, 0.2) is 24.3 Å². The molecular weight excluding hydrogens is 290 g/mol. The highest BCUT2D eigenvalue weighted by atomic mass is 16.5. The molecule has 2 aromatic rings. The second-order valence-electron chi connectivity index (χ2n) is 5.76. The van der Waals surface area contributed by atoms with Gasteiger partial charge in [-0.2, -0.15) is 0 Å². The Bertz CT molecular complexity index is 622. The van der Waals surface area contributed by atoms with Crippen LogP contribution in [0.1, 0.15) is 38.4 Å². The minimum absolute atomic E-state index is 0.0851. The van der Waals surface area contributed by atoms with Crippen molar-refractivity contribution in [3.8, 4) is 0 Å². The molecule has 126 valence electrons. The molecule has 1 aromatic heterocycles. The summed E-state index contributed by atoms with van der Waals surface area (Å²) >= 11 is 0. The van der Waals surface area contributed by atoms with Crippen LogP contribution in [0.25, 0.3) is 11.0 Å². The molecule has 0 radical (unpaired) electrons. The zero-order chi connectivity index (χ0) is 16.5. The molecular formula is C18H27N3O2. The Morgan fingerprint density at radius 1 is 1.26 bits per heavy atom. The maximum absolute atomic E-state index is 11.5. The predicted octanol–water partition coefficient (Wildman–Crippen LogP) is 2.92. The molecule has 0 bridgehead atoms. The lowest BCUT2D eigenvalue weighted by Crippen LogP contribution is -2.29. The van der Waals surface area contributed by atoms with Crippen molar-refractivity contribution in [2.45, 2.75) is 45.6 Å².